The number of hydrogen-bond donors (Lipinski definition) is 1. The van der Waals surface area contributed by atoms with Crippen molar-refractivity contribution in [2.75, 3.05) is 11.9 Å². The van der Waals surface area contributed by atoms with E-state index in [2.05, 4.69) is 5.32 Å². The number of rotatable bonds is 7. The van der Waals surface area contributed by atoms with Crippen LogP contribution in [0.3, 0.4) is 0 Å². The predicted octanol–water partition coefficient (Wildman–Crippen LogP) is 4.07. The van der Waals surface area contributed by atoms with E-state index in [0.29, 0.717) is 16.5 Å². The molecule has 0 spiro atoms. The fraction of sp³-hybridized carbons (Fsp3) is 0.150. The number of aryl methyl sites for hydroxylation is 1. The Morgan fingerprint density at radius 3 is 2.36 bits per heavy atom. The van der Waals surface area contributed by atoms with Crippen LogP contribution in [0.5, 0.6) is 0 Å². The van der Waals surface area contributed by atoms with Crippen LogP contribution in [0.2, 0.25) is 5.02 Å². The van der Waals surface area contributed by atoms with E-state index in [1.54, 1.807) is 48.5 Å². The molecular formula is C20H19ClN2O4S. The second kappa shape index (κ2) is 8.60. The maximum atomic E-state index is 13.1. The zero-order valence-corrected chi connectivity index (χ0v) is 16.7. The summed E-state index contributed by atoms with van der Waals surface area (Å²) in [7, 11) is -3.90. The molecule has 0 atom stereocenters. The molecule has 0 aliphatic rings. The second-order valence-electron chi connectivity index (χ2n) is 6.22. The minimum Gasteiger partial charge on any atom is -0.468 e. The molecule has 1 aromatic heterocycles. The average molecular weight is 419 g/mol. The van der Waals surface area contributed by atoms with E-state index in [1.807, 2.05) is 6.92 Å². The fourth-order valence-electron chi connectivity index (χ4n) is 2.56. The van der Waals surface area contributed by atoms with E-state index in [4.69, 9.17) is 16.0 Å². The SMILES string of the molecule is Cc1ccc(S(=O)(=O)N(CC(=O)Nc2ccc(Cl)cc2)Cc2ccco2)cc1. The molecule has 3 rings (SSSR count). The van der Waals surface area contributed by atoms with Crippen molar-refractivity contribution in [1.82, 2.24) is 4.31 Å². The number of carbonyl (C=O) groups excluding carboxylic acids is 1. The Kier molecular flexibility index (Phi) is 6.18. The van der Waals surface area contributed by atoms with Crippen molar-refractivity contribution >= 4 is 33.2 Å². The first-order valence-corrected chi connectivity index (χ1v) is 10.3. The molecule has 1 heterocycles. The topological polar surface area (TPSA) is 79.6 Å². The summed E-state index contributed by atoms with van der Waals surface area (Å²) in [5.74, 6) is -0.0282. The van der Waals surface area contributed by atoms with Crippen molar-refractivity contribution in [3.05, 3.63) is 83.3 Å². The zero-order chi connectivity index (χ0) is 20.1. The molecule has 28 heavy (non-hydrogen) atoms. The number of nitrogens with one attached hydrogen (secondary N) is 1. The first kappa shape index (κ1) is 20.1. The highest BCUT2D eigenvalue weighted by Gasteiger charge is 2.27. The van der Waals surface area contributed by atoms with Crippen LogP contribution >= 0.6 is 11.6 Å². The molecule has 146 valence electrons. The summed E-state index contributed by atoms with van der Waals surface area (Å²) >= 11 is 5.84. The minimum absolute atomic E-state index is 0.0583. The number of nitrogens with zero attached hydrogens (tertiary/aromatic N) is 1. The lowest BCUT2D eigenvalue weighted by Gasteiger charge is -2.21. The van der Waals surface area contributed by atoms with E-state index in [-0.39, 0.29) is 18.0 Å². The number of sulfonamides is 1. The van der Waals surface area contributed by atoms with Gasteiger partial charge in [-0.2, -0.15) is 4.31 Å². The number of carbonyl (C=O) groups is 1. The van der Waals surface area contributed by atoms with Crippen LogP contribution in [0.15, 0.2) is 76.2 Å². The molecule has 6 nitrogen and oxygen atoms in total. The number of furan rings is 1. The average Bonchev–Trinajstić information content (AvgIpc) is 3.17. The van der Waals surface area contributed by atoms with Gasteiger partial charge in [-0.05, 0) is 55.5 Å². The van der Waals surface area contributed by atoms with E-state index >= 15 is 0 Å². The van der Waals surface area contributed by atoms with E-state index < -0.39 is 15.9 Å². The molecule has 2 aromatic carbocycles. The van der Waals surface area contributed by atoms with Gasteiger partial charge in [-0.3, -0.25) is 4.79 Å². The Bertz CT molecular complexity index is 1030. The largest absolute Gasteiger partial charge is 0.468 e. The second-order valence-corrected chi connectivity index (χ2v) is 8.59. The van der Waals surface area contributed by atoms with Gasteiger partial charge in [-0.15, -0.1) is 0 Å². The smallest absolute Gasteiger partial charge is 0.243 e. The Morgan fingerprint density at radius 2 is 1.75 bits per heavy atom. The first-order chi connectivity index (χ1) is 13.3. The quantitative estimate of drug-likeness (QED) is 0.627. The van der Waals surface area contributed by atoms with Gasteiger partial charge in [-0.25, -0.2) is 8.42 Å². The summed E-state index contributed by atoms with van der Waals surface area (Å²) in [5, 5.41) is 3.22. The molecule has 0 bridgehead atoms. The molecule has 1 N–H and O–H groups in total. The fourth-order valence-corrected chi connectivity index (χ4v) is 4.04. The summed E-state index contributed by atoms with van der Waals surface area (Å²) in [5.41, 5.74) is 1.47. The monoisotopic (exact) mass is 418 g/mol. The van der Waals surface area contributed by atoms with Crippen molar-refractivity contribution in [3.63, 3.8) is 0 Å². The number of amides is 1. The maximum Gasteiger partial charge on any atom is 0.243 e. The highest BCUT2D eigenvalue weighted by atomic mass is 35.5. The molecule has 1 amide bonds. The van der Waals surface area contributed by atoms with Gasteiger partial charge in [-0.1, -0.05) is 29.3 Å². The lowest BCUT2D eigenvalue weighted by molar-refractivity contribution is -0.116. The van der Waals surface area contributed by atoms with E-state index in [9.17, 15) is 13.2 Å². The van der Waals surface area contributed by atoms with Crippen molar-refractivity contribution in [3.8, 4) is 0 Å². The van der Waals surface area contributed by atoms with Crippen LogP contribution in [0.1, 0.15) is 11.3 Å². The van der Waals surface area contributed by atoms with Crippen LogP contribution in [-0.2, 0) is 21.4 Å². The maximum absolute atomic E-state index is 13.1. The Balaban J connectivity index is 1.83. The normalized spacial score (nSPS) is 11.5. The lowest BCUT2D eigenvalue weighted by Crippen LogP contribution is -2.37. The molecule has 0 aliphatic heterocycles. The van der Waals surface area contributed by atoms with Crippen molar-refractivity contribution in [2.24, 2.45) is 0 Å². The highest BCUT2D eigenvalue weighted by Crippen LogP contribution is 2.20. The molecule has 8 heteroatoms. The van der Waals surface area contributed by atoms with Crippen LogP contribution < -0.4 is 5.32 Å². The summed E-state index contributed by atoms with van der Waals surface area (Å²) in [4.78, 5) is 12.6. The van der Waals surface area contributed by atoms with Crippen LogP contribution in [-0.4, -0.2) is 25.2 Å². The molecule has 0 aliphatic carbocycles. The minimum atomic E-state index is -3.90. The third-order valence-electron chi connectivity index (χ3n) is 4.02. The zero-order valence-electron chi connectivity index (χ0n) is 15.1. The van der Waals surface area contributed by atoms with E-state index in [1.165, 1.54) is 18.4 Å². The molecule has 3 aromatic rings. The van der Waals surface area contributed by atoms with Crippen LogP contribution in [0, 0.1) is 6.92 Å². The van der Waals surface area contributed by atoms with Gasteiger partial charge in [0, 0.05) is 10.7 Å². The van der Waals surface area contributed by atoms with Crippen molar-refractivity contribution < 1.29 is 17.6 Å². The summed E-state index contributed by atoms with van der Waals surface area (Å²) in [6, 6.07) is 16.4. The van der Waals surface area contributed by atoms with Crippen molar-refractivity contribution in [2.45, 2.75) is 18.4 Å². The van der Waals surface area contributed by atoms with Gasteiger partial charge in [0.1, 0.15) is 5.76 Å². The van der Waals surface area contributed by atoms with Crippen LogP contribution in [0.4, 0.5) is 5.69 Å². The molecule has 0 radical (unpaired) electrons. The summed E-state index contributed by atoms with van der Waals surface area (Å²) in [6.45, 7) is 1.45. The Labute approximate surface area is 168 Å². The van der Waals surface area contributed by atoms with Crippen LogP contribution in [0.25, 0.3) is 0 Å². The van der Waals surface area contributed by atoms with Gasteiger partial charge < -0.3 is 9.73 Å². The summed E-state index contributed by atoms with van der Waals surface area (Å²) < 4.78 is 32.5. The van der Waals surface area contributed by atoms with Gasteiger partial charge in [0.25, 0.3) is 0 Å². The van der Waals surface area contributed by atoms with Gasteiger partial charge in [0.05, 0.1) is 24.2 Å². The summed E-state index contributed by atoms with van der Waals surface area (Å²) in [6.07, 6.45) is 1.46. The van der Waals surface area contributed by atoms with Gasteiger partial charge >= 0.3 is 0 Å². The van der Waals surface area contributed by atoms with E-state index in [0.717, 1.165) is 9.87 Å². The Hall–Kier alpha value is -2.61. The standard InChI is InChI=1S/C20H19ClN2O4S/c1-15-4-10-19(11-5-15)28(25,26)23(13-18-3-2-12-27-18)14-20(24)22-17-8-6-16(21)7-9-17/h2-12H,13-14H2,1H3,(H,22,24). The molecule has 0 saturated carbocycles. The number of hydrogen-bond acceptors (Lipinski definition) is 4. The number of benzene rings is 2. The third-order valence-corrected chi connectivity index (χ3v) is 6.08. The Morgan fingerprint density at radius 1 is 1.07 bits per heavy atom. The predicted molar refractivity (Wildman–Crippen MR) is 108 cm³/mol. The van der Waals surface area contributed by atoms with Gasteiger partial charge in [0.2, 0.25) is 15.9 Å². The highest BCUT2D eigenvalue weighted by molar-refractivity contribution is 7.89. The first-order valence-electron chi connectivity index (χ1n) is 8.49. The van der Waals surface area contributed by atoms with Crippen molar-refractivity contribution in [1.29, 1.82) is 0 Å². The lowest BCUT2D eigenvalue weighted by atomic mass is 10.2. The number of anilines is 1. The molecule has 0 saturated heterocycles. The number of halogens is 1. The third kappa shape index (κ3) is 5.01. The molecule has 0 unspecified atom stereocenters. The molecular weight excluding hydrogens is 400 g/mol. The van der Waals surface area contributed by atoms with Gasteiger partial charge in [0.15, 0.2) is 0 Å². The molecule has 0 fully saturated rings.